The van der Waals surface area contributed by atoms with Gasteiger partial charge in [0.15, 0.2) is 6.10 Å². The molecule has 0 spiro atoms. The number of carbonyl (C=O) groups is 3. The van der Waals surface area contributed by atoms with Crippen molar-refractivity contribution in [1.82, 2.24) is 0 Å². The van der Waals surface area contributed by atoms with E-state index in [0.717, 1.165) is 116 Å². The van der Waals surface area contributed by atoms with E-state index in [1.165, 1.54) is 186 Å². The molecule has 0 aliphatic carbocycles. The topological polar surface area (TPSA) is 78.9 Å². The minimum absolute atomic E-state index is 0.0893. The number of carbonyl (C=O) groups excluding carboxylic acids is 3. The van der Waals surface area contributed by atoms with Gasteiger partial charge in [-0.15, -0.1) is 0 Å². The van der Waals surface area contributed by atoms with Gasteiger partial charge in [-0.1, -0.05) is 298 Å². The fraction of sp³-hybridized carbons (Fsp3) is 0.747. The summed E-state index contributed by atoms with van der Waals surface area (Å²) in [6, 6.07) is 0. The first kappa shape index (κ1) is 77.3. The Balaban J connectivity index is 4.38. The average molecular weight is 1130 g/mol. The van der Waals surface area contributed by atoms with E-state index in [1.807, 2.05) is 0 Å². The molecule has 0 aliphatic rings. The Bertz CT molecular complexity index is 1580. The van der Waals surface area contributed by atoms with E-state index in [-0.39, 0.29) is 31.1 Å². The summed E-state index contributed by atoms with van der Waals surface area (Å²) in [5.74, 6) is -0.909. The van der Waals surface area contributed by atoms with Crippen molar-refractivity contribution in [2.75, 3.05) is 13.2 Å². The van der Waals surface area contributed by atoms with Gasteiger partial charge in [0.1, 0.15) is 13.2 Å². The molecule has 0 rings (SSSR count). The largest absolute Gasteiger partial charge is 0.462 e. The van der Waals surface area contributed by atoms with Crippen molar-refractivity contribution in [3.8, 4) is 0 Å². The minimum atomic E-state index is -0.797. The first-order valence-electron chi connectivity index (χ1n) is 34.7. The van der Waals surface area contributed by atoms with Gasteiger partial charge in [0, 0.05) is 19.3 Å². The first-order chi connectivity index (χ1) is 40.0. The lowest BCUT2D eigenvalue weighted by Crippen LogP contribution is -2.30. The van der Waals surface area contributed by atoms with E-state index in [4.69, 9.17) is 14.2 Å². The summed E-state index contributed by atoms with van der Waals surface area (Å²) in [6.45, 7) is 6.53. The van der Waals surface area contributed by atoms with Crippen LogP contribution in [0.2, 0.25) is 0 Å². The van der Waals surface area contributed by atoms with Gasteiger partial charge in [-0.05, 0) is 122 Å². The summed E-state index contributed by atoms with van der Waals surface area (Å²) in [5.41, 5.74) is 0. The molecule has 0 saturated carbocycles. The molecule has 0 N–H and O–H groups in total. The molecule has 6 heteroatoms. The lowest BCUT2D eigenvalue weighted by Gasteiger charge is -2.18. The summed E-state index contributed by atoms with van der Waals surface area (Å²) < 4.78 is 17.0. The Kier molecular flexibility index (Phi) is 65.7. The highest BCUT2D eigenvalue weighted by Gasteiger charge is 2.19. The number of ether oxygens (including phenoxy) is 3. The summed E-state index contributed by atoms with van der Waals surface area (Å²) in [4.78, 5) is 38.4. The minimum Gasteiger partial charge on any atom is -0.462 e. The molecule has 0 aromatic rings. The molecule has 6 nitrogen and oxygen atoms in total. The van der Waals surface area contributed by atoms with Gasteiger partial charge in [0.2, 0.25) is 0 Å². The van der Waals surface area contributed by atoms with Crippen LogP contribution >= 0.6 is 0 Å². The Labute approximate surface area is 502 Å². The third-order valence-electron chi connectivity index (χ3n) is 15.0. The molecule has 0 aromatic heterocycles. The van der Waals surface area contributed by atoms with Crippen LogP contribution in [0, 0.1) is 0 Å². The molecule has 0 saturated heterocycles. The van der Waals surface area contributed by atoms with Gasteiger partial charge in [0.05, 0.1) is 0 Å². The predicted octanol–water partition coefficient (Wildman–Crippen LogP) is 24.0. The molecule has 0 fully saturated rings. The monoisotopic (exact) mass is 1130 g/mol. The third-order valence-corrected chi connectivity index (χ3v) is 15.0. The van der Waals surface area contributed by atoms with Crippen molar-refractivity contribution in [3.05, 3.63) is 97.2 Å². The van der Waals surface area contributed by atoms with Crippen molar-refractivity contribution >= 4 is 17.9 Å². The lowest BCUT2D eigenvalue weighted by atomic mass is 10.0. The first-order valence-corrected chi connectivity index (χ1v) is 34.7. The second-order valence-electron chi connectivity index (χ2n) is 23.1. The Morgan fingerprint density at radius 1 is 0.259 bits per heavy atom. The van der Waals surface area contributed by atoms with Crippen LogP contribution in [0.3, 0.4) is 0 Å². The van der Waals surface area contributed by atoms with Crippen molar-refractivity contribution in [2.24, 2.45) is 0 Å². The molecular formula is C75H130O6. The zero-order chi connectivity index (χ0) is 58.5. The summed E-state index contributed by atoms with van der Waals surface area (Å²) in [6.07, 6.45) is 92.8. The number of esters is 3. The number of rotatable bonds is 63. The second-order valence-corrected chi connectivity index (χ2v) is 23.1. The van der Waals surface area contributed by atoms with Gasteiger partial charge < -0.3 is 14.2 Å². The van der Waals surface area contributed by atoms with Gasteiger partial charge in [0.25, 0.3) is 0 Å². The SMILES string of the molecule is CC/C=C\C/C=C\C/C=C\C/C=C\C/C=C\C/C=C\CCCCCCC(=O)OC(COC(=O)CCCCCCC/C=C\CCCCCCCC)COC(=O)CCCCCCCCCCCCCCC/C=C\CCCCCCCCCC. The average Bonchev–Trinajstić information content (AvgIpc) is 3.47. The van der Waals surface area contributed by atoms with Gasteiger partial charge >= 0.3 is 17.9 Å². The fourth-order valence-corrected chi connectivity index (χ4v) is 9.85. The number of hydrogen-bond donors (Lipinski definition) is 0. The quantitative estimate of drug-likeness (QED) is 0.0261. The molecular weight excluding hydrogens is 997 g/mol. The van der Waals surface area contributed by atoms with Gasteiger partial charge in [-0.2, -0.15) is 0 Å². The highest BCUT2D eigenvalue weighted by molar-refractivity contribution is 5.71. The van der Waals surface area contributed by atoms with E-state index < -0.39 is 6.10 Å². The van der Waals surface area contributed by atoms with Crippen molar-refractivity contribution in [2.45, 2.75) is 348 Å². The van der Waals surface area contributed by atoms with E-state index in [2.05, 4.69) is 118 Å². The standard InChI is InChI=1S/C75H130O6/c1-4-7-10-13-16-19-22-25-28-30-32-34-36-37-39-40-42-44-47-50-53-56-59-62-65-68-74(77)80-71-72(70-79-73(76)67-64-61-58-55-52-49-46-27-24-21-18-15-12-9-6-3)81-75(78)69-66-63-60-57-54-51-48-45-43-41-38-35-33-31-29-26-23-20-17-14-11-8-5-2/h8,11,17,20,26-27,29-30,32-33,35,41,43,46,48,51,72H,4-7,9-10,12-16,18-19,21-25,28,31,34,36-40,42,44-45,47,49-50,52-71H2,1-3H3/b11-8-,20-17-,29-26-,32-30-,35-33-,43-41-,46-27-,51-48-. The molecule has 1 unspecified atom stereocenters. The van der Waals surface area contributed by atoms with Crippen molar-refractivity contribution in [1.29, 1.82) is 0 Å². The smallest absolute Gasteiger partial charge is 0.306 e. The molecule has 0 bridgehead atoms. The molecule has 0 aliphatic heterocycles. The van der Waals surface area contributed by atoms with Crippen molar-refractivity contribution < 1.29 is 28.6 Å². The normalized spacial score (nSPS) is 12.7. The lowest BCUT2D eigenvalue weighted by molar-refractivity contribution is -0.167. The summed E-state index contributed by atoms with van der Waals surface area (Å²) in [5, 5.41) is 0. The van der Waals surface area contributed by atoms with E-state index in [1.54, 1.807) is 0 Å². The fourth-order valence-electron chi connectivity index (χ4n) is 9.85. The molecule has 0 aromatic carbocycles. The van der Waals surface area contributed by atoms with E-state index in [9.17, 15) is 14.4 Å². The molecule has 81 heavy (non-hydrogen) atoms. The third kappa shape index (κ3) is 67.0. The Morgan fingerprint density at radius 3 is 0.765 bits per heavy atom. The van der Waals surface area contributed by atoms with Crippen LogP contribution in [0.4, 0.5) is 0 Å². The van der Waals surface area contributed by atoms with Gasteiger partial charge in [-0.3, -0.25) is 14.4 Å². The molecule has 466 valence electrons. The highest BCUT2D eigenvalue weighted by atomic mass is 16.6. The summed E-state index contributed by atoms with van der Waals surface area (Å²) >= 11 is 0. The highest BCUT2D eigenvalue weighted by Crippen LogP contribution is 2.17. The number of allylic oxidation sites excluding steroid dienone is 16. The van der Waals surface area contributed by atoms with Crippen LogP contribution in [0.25, 0.3) is 0 Å². The zero-order valence-corrected chi connectivity index (χ0v) is 53.5. The predicted molar refractivity (Wildman–Crippen MR) is 353 cm³/mol. The maximum atomic E-state index is 12.9. The molecule has 0 radical (unpaired) electrons. The van der Waals surface area contributed by atoms with E-state index >= 15 is 0 Å². The molecule has 0 heterocycles. The second kappa shape index (κ2) is 68.8. The maximum Gasteiger partial charge on any atom is 0.306 e. The van der Waals surface area contributed by atoms with Crippen LogP contribution in [0.15, 0.2) is 97.2 Å². The zero-order valence-electron chi connectivity index (χ0n) is 53.5. The summed E-state index contributed by atoms with van der Waals surface area (Å²) in [7, 11) is 0. The maximum absolute atomic E-state index is 12.9. The van der Waals surface area contributed by atoms with E-state index in [0.29, 0.717) is 19.3 Å². The molecule has 1 atom stereocenters. The number of hydrogen-bond acceptors (Lipinski definition) is 6. The Hall–Kier alpha value is -3.67. The van der Waals surface area contributed by atoms with Crippen LogP contribution in [-0.4, -0.2) is 37.2 Å². The Morgan fingerprint density at radius 2 is 0.481 bits per heavy atom. The molecule has 0 amide bonds. The van der Waals surface area contributed by atoms with Crippen LogP contribution in [0.1, 0.15) is 342 Å². The van der Waals surface area contributed by atoms with Crippen LogP contribution < -0.4 is 0 Å². The number of unbranched alkanes of at least 4 members (excludes halogenated alkanes) is 36. The van der Waals surface area contributed by atoms with Gasteiger partial charge in [-0.25, -0.2) is 0 Å². The van der Waals surface area contributed by atoms with Crippen LogP contribution in [0.5, 0.6) is 0 Å². The van der Waals surface area contributed by atoms with Crippen LogP contribution in [-0.2, 0) is 28.6 Å². The van der Waals surface area contributed by atoms with Crippen molar-refractivity contribution in [3.63, 3.8) is 0 Å².